The normalized spacial score (nSPS) is 15.3. The monoisotopic (exact) mass is 365 g/mol. The highest BCUT2D eigenvalue weighted by molar-refractivity contribution is 6.15. The third kappa shape index (κ3) is 2.95. The van der Waals surface area contributed by atoms with Gasteiger partial charge in [-0.1, -0.05) is 25.1 Å². The van der Waals surface area contributed by atoms with Crippen LogP contribution in [0.1, 0.15) is 35.9 Å². The van der Waals surface area contributed by atoms with Crippen molar-refractivity contribution in [1.82, 2.24) is 20.1 Å². The quantitative estimate of drug-likeness (QED) is 0.746. The second-order valence-corrected chi connectivity index (χ2v) is 6.02. The molecular formula is C19H16FN5O2. The van der Waals surface area contributed by atoms with E-state index in [1.165, 1.54) is 12.1 Å². The highest BCUT2D eigenvalue weighted by atomic mass is 19.1. The lowest BCUT2D eigenvalue weighted by atomic mass is 10.0. The summed E-state index contributed by atoms with van der Waals surface area (Å²) >= 11 is 0. The molecule has 2 heterocycles. The Morgan fingerprint density at radius 2 is 1.93 bits per heavy atom. The summed E-state index contributed by atoms with van der Waals surface area (Å²) in [6.45, 7) is 1.95. The molecule has 1 amide bonds. The first kappa shape index (κ1) is 16.9. The van der Waals surface area contributed by atoms with Crippen LogP contribution in [-0.2, 0) is 6.42 Å². The van der Waals surface area contributed by atoms with Gasteiger partial charge in [0.05, 0.1) is 11.4 Å². The molecule has 1 atom stereocenters. The molecule has 2 N–H and O–H groups in total. The molecule has 3 aromatic rings. The SMILES string of the molecule is CCc1nnc2n1-c1ccccc1C(c1ccc(F)cc1)=NC2NC(=O)O. The van der Waals surface area contributed by atoms with E-state index in [4.69, 9.17) is 0 Å². The van der Waals surface area contributed by atoms with Crippen molar-refractivity contribution in [2.45, 2.75) is 19.5 Å². The number of carbonyl (C=O) groups is 1. The van der Waals surface area contributed by atoms with Crippen LogP contribution in [0.25, 0.3) is 5.69 Å². The standard InChI is InChI=1S/C19H16FN5O2/c1-2-15-23-24-18-17(22-19(26)27)21-16(11-7-9-12(20)10-8-11)13-5-3-4-6-14(13)25(15)18/h3-10,17,22H,2H2,1H3,(H,26,27). The minimum Gasteiger partial charge on any atom is -0.465 e. The maximum atomic E-state index is 13.4. The summed E-state index contributed by atoms with van der Waals surface area (Å²) in [4.78, 5) is 16.0. The van der Waals surface area contributed by atoms with Gasteiger partial charge >= 0.3 is 6.09 Å². The molecule has 4 rings (SSSR count). The molecule has 8 heteroatoms. The van der Waals surface area contributed by atoms with E-state index in [0.717, 1.165) is 11.3 Å². The minimum atomic E-state index is -1.22. The Morgan fingerprint density at radius 3 is 2.63 bits per heavy atom. The average molecular weight is 365 g/mol. The Hall–Kier alpha value is -3.55. The Labute approximate surface area is 154 Å². The number of halogens is 1. The van der Waals surface area contributed by atoms with Gasteiger partial charge in [-0.2, -0.15) is 0 Å². The summed E-state index contributed by atoms with van der Waals surface area (Å²) < 4.78 is 15.2. The van der Waals surface area contributed by atoms with Gasteiger partial charge in [-0.3, -0.25) is 14.9 Å². The molecule has 27 heavy (non-hydrogen) atoms. The van der Waals surface area contributed by atoms with Gasteiger partial charge in [0.15, 0.2) is 12.0 Å². The number of aryl methyl sites for hydroxylation is 1. The van der Waals surface area contributed by atoms with Crippen LogP contribution in [0.2, 0.25) is 0 Å². The van der Waals surface area contributed by atoms with E-state index < -0.39 is 12.3 Å². The fourth-order valence-corrected chi connectivity index (χ4v) is 3.18. The Bertz CT molecular complexity index is 1040. The van der Waals surface area contributed by atoms with Crippen LogP contribution in [-0.4, -0.2) is 31.7 Å². The second kappa shape index (κ2) is 6.64. The van der Waals surface area contributed by atoms with E-state index in [1.807, 2.05) is 35.8 Å². The number of nitrogens with one attached hydrogen (secondary N) is 1. The molecule has 0 spiro atoms. The minimum absolute atomic E-state index is 0.355. The lowest BCUT2D eigenvalue weighted by Gasteiger charge is -2.13. The molecule has 0 saturated heterocycles. The molecule has 0 aliphatic carbocycles. The largest absolute Gasteiger partial charge is 0.465 e. The number of carboxylic acid groups (broad SMARTS) is 1. The predicted molar refractivity (Wildman–Crippen MR) is 96.7 cm³/mol. The van der Waals surface area contributed by atoms with Crippen LogP contribution in [0.5, 0.6) is 0 Å². The van der Waals surface area contributed by atoms with Gasteiger partial charge in [0.25, 0.3) is 0 Å². The number of para-hydroxylation sites is 1. The zero-order valence-electron chi connectivity index (χ0n) is 14.4. The molecule has 0 radical (unpaired) electrons. The maximum absolute atomic E-state index is 13.4. The predicted octanol–water partition coefficient (Wildman–Crippen LogP) is 3.09. The van der Waals surface area contributed by atoms with Crippen molar-refractivity contribution in [2.75, 3.05) is 0 Å². The van der Waals surface area contributed by atoms with Crippen molar-refractivity contribution >= 4 is 11.8 Å². The van der Waals surface area contributed by atoms with Crippen LogP contribution < -0.4 is 5.32 Å². The molecule has 0 bridgehead atoms. The number of hydrogen-bond acceptors (Lipinski definition) is 4. The number of aliphatic imine (C=N–C) groups is 1. The number of rotatable bonds is 3. The highest BCUT2D eigenvalue weighted by Crippen LogP contribution is 2.30. The molecular weight excluding hydrogens is 349 g/mol. The number of benzene rings is 2. The summed E-state index contributed by atoms with van der Waals surface area (Å²) in [6.07, 6.45) is -1.55. The summed E-state index contributed by atoms with van der Waals surface area (Å²) in [6, 6.07) is 13.5. The van der Waals surface area contributed by atoms with Gasteiger partial charge in [0.1, 0.15) is 11.6 Å². The van der Waals surface area contributed by atoms with Crippen LogP contribution >= 0.6 is 0 Å². The summed E-state index contributed by atoms with van der Waals surface area (Å²) in [7, 11) is 0. The zero-order chi connectivity index (χ0) is 19.0. The smallest absolute Gasteiger partial charge is 0.406 e. The van der Waals surface area contributed by atoms with Crippen LogP contribution in [0.15, 0.2) is 53.5 Å². The fourth-order valence-electron chi connectivity index (χ4n) is 3.18. The fraction of sp³-hybridized carbons (Fsp3) is 0.158. The topological polar surface area (TPSA) is 92.4 Å². The Morgan fingerprint density at radius 1 is 1.19 bits per heavy atom. The number of nitrogens with zero attached hydrogens (tertiary/aromatic N) is 4. The number of aromatic nitrogens is 3. The van der Waals surface area contributed by atoms with E-state index in [-0.39, 0.29) is 5.82 Å². The maximum Gasteiger partial charge on any atom is 0.406 e. The molecule has 7 nitrogen and oxygen atoms in total. The first-order chi connectivity index (χ1) is 13.1. The number of amides is 1. The first-order valence-electron chi connectivity index (χ1n) is 8.45. The molecule has 0 saturated carbocycles. The average Bonchev–Trinajstić information content (AvgIpc) is 3.04. The molecule has 1 unspecified atom stereocenters. The number of fused-ring (bicyclic) bond motifs is 3. The van der Waals surface area contributed by atoms with Crippen molar-refractivity contribution in [3.63, 3.8) is 0 Å². The van der Waals surface area contributed by atoms with Crippen molar-refractivity contribution < 1.29 is 14.3 Å². The van der Waals surface area contributed by atoms with Crippen molar-refractivity contribution in [1.29, 1.82) is 0 Å². The van der Waals surface area contributed by atoms with Gasteiger partial charge < -0.3 is 5.11 Å². The molecule has 0 fully saturated rings. The molecule has 1 aliphatic heterocycles. The van der Waals surface area contributed by atoms with E-state index in [9.17, 15) is 14.3 Å². The van der Waals surface area contributed by atoms with E-state index >= 15 is 0 Å². The van der Waals surface area contributed by atoms with Gasteiger partial charge in [-0.25, -0.2) is 9.18 Å². The Balaban J connectivity index is 2.00. The summed E-state index contributed by atoms with van der Waals surface area (Å²) in [5.74, 6) is 0.732. The van der Waals surface area contributed by atoms with Crippen LogP contribution in [0.4, 0.5) is 9.18 Å². The van der Waals surface area contributed by atoms with E-state index in [2.05, 4.69) is 20.5 Å². The third-order valence-electron chi connectivity index (χ3n) is 4.35. The second-order valence-electron chi connectivity index (χ2n) is 6.02. The molecule has 136 valence electrons. The lowest BCUT2D eigenvalue weighted by molar-refractivity contribution is 0.189. The van der Waals surface area contributed by atoms with E-state index in [0.29, 0.717) is 29.3 Å². The van der Waals surface area contributed by atoms with Crippen LogP contribution in [0.3, 0.4) is 0 Å². The first-order valence-corrected chi connectivity index (χ1v) is 8.45. The zero-order valence-corrected chi connectivity index (χ0v) is 14.4. The van der Waals surface area contributed by atoms with Crippen molar-refractivity contribution in [2.24, 2.45) is 4.99 Å². The summed E-state index contributed by atoms with van der Waals surface area (Å²) in [5.41, 5.74) is 2.82. The summed E-state index contributed by atoms with van der Waals surface area (Å²) in [5, 5.41) is 20.0. The molecule has 1 aliphatic rings. The Kier molecular flexibility index (Phi) is 4.15. The number of hydrogen-bond donors (Lipinski definition) is 2. The van der Waals surface area contributed by atoms with Crippen molar-refractivity contribution in [3.8, 4) is 5.69 Å². The molecule has 2 aromatic carbocycles. The van der Waals surface area contributed by atoms with E-state index in [1.54, 1.807) is 12.1 Å². The van der Waals surface area contributed by atoms with Crippen LogP contribution in [0, 0.1) is 5.82 Å². The van der Waals surface area contributed by atoms with Gasteiger partial charge in [-0.15, -0.1) is 10.2 Å². The van der Waals surface area contributed by atoms with Gasteiger partial charge in [0, 0.05) is 17.5 Å². The van der Waals surface area contributed by atoms with Gasteiger partial charge in [-0.05, 0) is 30.3 Å². The van der Waals surface area contributed by atoms with Crippen molar-refractivity contribution in [3.05, 3.63) is 77.1 Å². The highest BCUT2D eigenvalue weighted by Gasteiger charge is 2.29. The molecule has 1 aromatic heterocycles. The lowest BCUT2D eigenvalue weighted by Crippen LogP contribution is -2.27. The van der Waals surface area contributed by atoms with Gasteiger partial charge in [0.2, 0.25) is 0 Å². The third-order valence-corrected chi connectivity index (χ3v) is 4.35.